The van der Waals surface area contributed by atoms with Crippen molar-refractivity contribution in [2.45, 2.75) is 13.0 Å². The van der Waals surface area contributed by atoms with E-state index < -0.39 is 0 Å². The summed E-state index contributed by atoms with van der Waals surface area (Å²) in [5.41, 5.74) is 2.27. The highest BCUT2D eigenvalue weighted by Gasteiger charge is 1.95. The maximum absolute atomic E-state index is 4.19. The summed E-state index contributed by atoms with van der Waals surface area (Å²) < 4.78 is 1.85. The average molecular weight is 227 g/mol. The highest BCUT2D eigenvalue weighted by atomic mass is 15.3. The van der Waals surface area contributed by atoms with Crippen LogP contribution in [0.25, 0.3) is 11.8 Å². The van der Waals surface area contributed by atoms with E-state index in [2.05, 4.69) is 53.8 Å². The molecule has 0 radical (unpaired) electrons. The van der Waals surface area contributed by atoms with Gasteiger partial charge in [0, 0.05) is 18.4 Å². The zero-order chi connectivity index (χ0) is 12.1. The first-order valence-electron chi connectivity index (χ1n) is 5.75. The van der Waals surface area contributed by atoms with Gasteiger partial charge in [0.25, 0.3) is 0 Å². The Bertz CT molecular complexity index is 469. The predicted octanol–water partition coefficient (Wildman–Crippen LogP) is 2.49. The van der Waals surface area contributed by atoms with Crippen molar-refractivity contribution in [3.63, 3.8) is 0 Å². The fourth-order valence-corrected chi connectivity index (χ4v) is 1.51. The van der Waals surface area contributed by atoms with Gasteiger partial charge in [0.15, 0.2) is 0 Å². The summed E-state index contributed by atoms with van der Waals surface area (Å²) in [7, 11) is 1.95. The van der Waals surface area contributed by atoms with Crippen LogP contribution in [0.5, 0.6) is 0 Å². The molecule has 3 heteroatoms. The monoisotopic (exact) mass is 227 g/mol. The fraction of sp³-hybridized carbons (Fsp3) is 0.214. The summed E-state index contributed by atoms with van der Waals surface area (Å²) in [6, 6.07) is 10.6. The van der Waals surface area contributed by atoms with Crippen molar-refractivity contribution in [1.82, 2.24) is 15.1 Å². The molecule has 2 aromatic rings. The first kappa shape index (κ1) is 11.6. The van der Waals surface area contributed by atoms with E-state index in [0.29, 0.717) is 6.04 Å². The van der Waals surface area contributed by atoms with E-state index >= 15 is 0 Å². The van der Waals surface area contributed by atoms with E-state index in [1.165, 1.54) is 5.56 Å². The third kappa shape index (κ3) is 3.04. The summed E-state index contributed by atoms with van der Waals surface area (Å²) in [5, 5.41) is 7.36. The van der Waals surface area contributed by atoms with E-state index in [0.717, 1.165) is 5.69 Å². The van der Waals surface area contributed by atoms with E-state index in [-0.39, 0.29) is 0 Å². The molecule has 0 aliphatic heterocycles. The van der Waals surface area contributed by atoms with Gasteiger partial charge in [0.05, 0.1) is 5.69 Å². The van der Waals surface area contributed by atoms with Crippen molar-refractivity contribution in [3.8, 4) is 5.69 Å². The van der Waals surface area contributed by atoms with Gasteiger partial charge in [0.1, 0.15) is 0 Å². The molecule has 1 N–H and O–H groups in total. The molecule has 0 aliphatic rings. The average Bonchev–Trinajstić information content (AvgIpc) is 2.90. The number of rotatable bonds is 4. The van der Waals surface area contributed by atoms with Crippen LogP contribution in [0.4, 0.5) is 0 Å². The van der Waals surface area contributed by atoms with Crippen LogP contribution in [0.15, 0.2) is 48.8 Å². The molecule has 0 amide bonds. The van der Waals surface area contributed by atoms with Crippen LogP contribution in [0, 0.1) is 0 Å². The maximum atomic E-state index is 4.19. The van der Waals surface area contributed by atoms with Gasteiger partial charge in [0.2, 0.25) is 0 Å². The molecule has 88 valence electrons. The number of aromatic nitrogens is 2. The Morgan fingerprint density at radius 3 is 2.65 bits per heavy atom. The van der Waals surface area contributed by atoms with Gasteiger partial charge in [-0.2, -0.15) is 5.10 Å². The van der Waals surface area contributed by atoms with Crippen LogP contribution in [0.3, 0.4) is 0 Å². The summed E-state index contributed by atoms with van der Waals surface area (Å²) in [5.74, 6) is 0. The molecule has 1 aromatic carbocycles. The second kappa shape index (κ2) is 5.46. The quantitative estimate of drug-likeness (QED) is 0.869. The van der Waals surface area contributed by atoms with Crippen molar-refractivity contribution in [3.05, 3.63) is 54.4 Å². The van der Waals surface area contributed by atoms with Crippen molar-refractivity contribution < 1.29 is 0 Å². The fourth-order valence-electron chi connectivity index (χ4n) is 1.51. The standard InChI is InChI=1S/C14H17N3/c1-12(15-2)4-5-13-6-8-14(9-7-13)17-11-3-10-16-17/h3-12,15H,1-2H3/b5-4+. The van der Waals surface area contributed by atoms with Gasteiger partial charge in [-0.1, -0.05) is 24.3 Å². The van der Waals surface area contributed by atoms with Crippen molar-refractivity contribution >= 4 is 6.08 Å². The lowest BCUT2D eigenvalue weighted by Crippen LogP contribution is -2.17. The minimum atomic E-state index is 0.390. The summed E-state index contributed by atoms with van der Waals surface area (Å²) >= 11 is 0. The Hall–Kier alpha value is -1.87. The van der Waals surface area contributed by atoms with Gasteiger partial charge < -0.3 is 5.32 Å². The lowest BCUT2D eigenvalue weighted by Gasteiger charge is -2.03. The van der Waals surface area contributed by atoms with Crippen molar-refractivity contribution in [1.29, 1.82) is 0 Å². The molecule has 0 fully saturated rings. The Morgan fingerprint density at radius 2 is 2.06 bits per heavy atom. The molecular weight excluding hydrogens is 210 g/mol. The van der Waals surface area contributed by atoms with Crippen LogP contribution >= 0.6 is 0 Å². The minimum Gasteiger partial charge on any atom is -0.314 e. The molecule has 1 unspecified atom stereocenters. The smallest absolute Gasteiger partial charge is 0.0645 e. The van der Waals surface area contributed by atoms with E-state index in [1.54, 1.807) is 6.20 Å². The first-order valence-corrected chi connectivity index (χ1v) is 5.75. The zero-order valence-corrected chi connectivity index (χ0v) is 10.2. The van der Waals surface area contributed by atoms with Gasteiger partial charge in [-0.05, 0) is 37.7 Å². The van der Waals surface area contributed by atoms with Crippen LogP contribution < -0.4 is 5.32 Å². The number of likely N-dealkylation sites (N-methyl/N-ethyl adjacent to an activating group) is 1. The van der Waals surface area contributed by atoms with Gasteiger partial charge in [-0.3, -0.25) is 0 Å². The zero-order valence-electron chi connectivity index (χ0n) is 10.2. The van der Waals surface area contributed by atoms with E-state index in [4.69, 9.17) is 0 Å². The van der Waals surface area contributed by atoms with Gasteiger partial charge in [-0.25, -0.2) is 4.68 Å². The number of nitrogens with zero attached hydrogens (tertiary/aromatic N) is 2. The van der Waals surface area contributed by atoms with Gasteiger partial charge in [-0.15, -0.1) is 0 Å². The Morgan fingerprint density at radius 1 is 1.29 bits per heavy atom. The number of nitrogens with one attached hydrogen (secondary N) is 1. The highest BCUT2D eigenvalue weighted by Crippen LogP contribution is 2.10. The molecular formula is C14H17N3. The lowest BCUT2D eigenvalue weighted by atomic mass is 10.1. The Labute approximate surface area is 102 Å². The van der Waals surface area contributed by atoms with Crippen LogP contribution in [0.2, 0.25) is 0 Å². The molecule has 3 nitrogen and oxygen atoms in total. The molecule has 1 aromatic heterocycles. The minimum absolute atomic E-state index is 0.390. The molecule has 0 saturated heterocycles. The molecule has 0 spiro atoms. The summed E-state index contributed by atoms with van der Waals surface area (Å²) in [6.45, 7) is 2.12. The summed E-state index contributed by atoms with van der Waals surface area (Å²) in [4.78, 5) is 0. The number of benzene rings is 1. The molecule has 17 heavy (non-hydrogen) atoms. The first-order chi connectivity index (χ1) is 8.29. The van der Waals surface area contributed by atoms with Gasteiger partial charge >= 0.3 is 0 Å². The second-order valence-corrected chi connectivity index (χ2v) is 3.98. The normalized spacial score (nSPS) is 13.1. The topological polar surface area (TPSA) is 29.9 Å². The highest BCUT2D eigenvalue weighted by molar-refractivity contribution is 5.52. The van der Waals surface area contributed by atoms with E-state index in [9.17, 15) is 0 Å². The van der Waals surface area contributed by atoms with Crippen LogP contribution in [-0.4, -0.2) is 22.9 Å². The molecule has 1 heterocycles. The molecule has 2 rings (SSSR count). The summed E-state index contributed by atoms with van der Waals surface area (Å²) in [6.07, 6.45) is 7.98. The van der Waals surface area contributed by atoms with Crippen LogP contribution in [-0.2, 0) is 0 Å². The molecule has 1 atom stereocenters. The van der Waals surface area contributed by atoms with Crippen molar-refractivity contribution in [2.75, 3.05) is 7.05 Å². The Balaban J connectivity index is 2.11. The SMILES string of the molecule is CNC(C)/C=C/c1ccc(-n2cccn2)cc1. The lowest BCUT2D eigenvalue weighted by molar-refractivity contribution is 0.731. The van der Waals surface area contributed by atoms with Crippen LogP contribution in [0.1, 0.15) is 12.5 Å². The maximum Gasteiger partial charge on any atom is 0.0645 e. The molecule has 0 aliphatic carbocycles. The third-order valence-corrected chi connectivity index (χ3v) is 2.69. The second-order valence-electron chi connectivity index (χ2n) is 3.98. The third-order valence-electron chi connectivity index (χ3n) is 2.69. The van der Waals surface area contributed by atoms with E-state index in [1.807, 2.05) is 24.0 Å². The predicted molar refractivity (Wildman–Crippen MR) is 71.1 cm³/mol. The largest absolute Gasteiger partial charge is 0.314 e. The molecule has 0 bridgehead atoms. The molecule has 0 saturated carbocycles. The number of hydrogen-bond acceptors (Lipinski definition) is 2. The van der Waals surface area contributed by atoms with Crippen molar-refractivity contribution in [2.24, 2.45) is 0 Å². The number of hydrogen-bond donors (Lipinski definition) is 1. The Kier molecular flexibility index (Phi) is 3.73.